The van der Waals surface area contributed by atoms with Gasteiger partial charge in [0, 0.05) is 11.7 Å². The molecule has 146 valence electrons. The number of nitrogens with zero attached hydrogens (tertiary/aromatic N) is 2. The van der Waals surface area contributed by atoms with Gasteiger partial charge in [0.05, 0.1) is 10.8 Å². The summed E-state index contributed by atoms with van der Waals surface area (Å²) in [6, 6.07) is 10.0. The van der Waals surface area contributed by atoms with Crippen molar-refractivity contribution in [3.05, 3.63) is 51.6 Å². The van der Waals surface area contributed by atoms with E-state index in [4.69, 9.17) is 4.98 Å². The normalized spacial score (nSPS) is 14.9. The van der Waals surface area contributed by atoms with Crippen LogP contribution in [0.3, 0.4) is 0 Å². The summed E-state index contributed by atoms with van der Waals surface area (Å²) in [6.07, 6.45) is 3.63. The van der Waals surface area contributed by atoms with Crippen LogP contribution in [-0.4, -0.2) is 20.7 Å². The predicted molar refractivity (Wildman–Crippen MR) is 117 cm³/mol. The van der Waals surface area contributed by atoms with Crippen LogP contribution in [0.4, 0.5) is 5.69 Å². The van der Waals surface area contributed by atoms with E-state index in [0.29, 0.717) is 16.3 Å². The number of hydrogen-bond acceptors (Lipinski definition) is 5. The topological polar surface area (TPSA) is 64.0 Å². The summed E-state index contributed by atoms with van der Waals surface area (Å²) in [7, 11) is 0. The number of thioether (sulfide) groups is 1. The van der Waals surface area contributed by atoms with Crippen molar-refractivity contribution in [1.82, 2.24) is 9.55 Å². The van der Waals surface area contributed by atoms with Gasteiger partial charge in [-0.25, -0.2) is 4.98 Å². The SMILES string of the molecule is CCc1ccc(NC(=O)[C@H](CC)Sc2nc3ccsc3c(=O)n2C2CC2)cc1. The molecule has 1 aliphatic carbocycles. The van der Waals surface area contributed by atoms with Crippen molar-refractivity contribution in [2.45, 2.75) is 56.0 Å². The van der Waals surface area contributed by atoms with Gasteiger partial charge in [0.1, 0.15) is 4.70 Å². The first kappa shape index (κ1) is 19.2. The number of anilines is 1. The molecule has 1 fully saturated rings. The van der Waals surface area contributed by atoms with Gasteiger partial charge < -0.3 is 5.32 Å². The van der Waals surface area contributed by atoms with E-state index in [-0.39, 0.29) is 22.8 Å². The van der Waals surface area contributed by atoms with Gasteiger partial charge in [-0.15, -0.1) is 11.3 Å². The average Bonchev–Trinajstić information content (AvgIpc) is 3.42. The Bertz CT molecular complexity index is 1050. The fourth-order valence-corrected chi connectivity index (χ4v) is 4.99. The number of amides is 1. The standard InChI is InChI=1S/C21H23N3O2S2/c1-3-13-5-7-14(8-6-13)22-19(25)17(4-2)28-21-23-16-11-12-27-18(16)20(26)24(21)15-9-10-15/h5-8,11-12,15,17H,3-4,9-10H2,1-2H3,(H,22,25)/t17-/m0/s1. The smallest absolute Gasteiger partial charge is 0.272 e. The molecule has 1 saturated carbocycles. The molecule has 4 rings (SSSR count). The summed E-state index contributed by atoms with van der Waals surface area (Å²) >= 11 is 2.83. The van der Waals surface area contributed by atoms with Crippen molar-refractivity contribution in [2.24, 2.45) is 0 Å². The van der Waals surface area contributed by atoms with E-state index in [1.807, 2.05) is 42.6 Å². The van der Waals surface area contributed by atoms with Gasteiger partial charge in [-0.1, -0.05) is 37.7 Å². The first-order chi connectivity index (χ1) is 13.6. The Morgan fingerprint density at radius 3 is 2.68 bits per heavy atom. The second-order valence-electron chi connectivity index (χ2n) is 6.99. The second kappa shape index (κ2) is 8.09. The minimum absolute atomic E-state index is 0.0235. The number of benzene rings is 1. The summed E-state index contributed by atoms with van der Waals surface area (Å²) in [5, 5.41) is 5.25. The lowest BCUT2D eigenvalue weighted by Crippen LogP contribution is -2.27. The molecular formula is C21H23N3O2S2. The van der Waals surface area contributed by atoms with E-state index in [2.05, 4.69) is 12.2 Å². The average molecular weight is 414 g/mol. The molecule has 5 nitrogen and oxygen atoms in total. The van der Waals surface area contributed by atoms with Gasteiger partial charge in [0.25, 0.3) is 5.56 Å². The molecule has 0 bridgehead atoms. The van der Waals surface area contributed by atoms with Crippen molar-refractivity contribution in [3.63, 3.8) is 0 Å². The zero-order valence-electron chi connectivity index (χ0n) is 16.0. The van der Waals surface area contributed by atoms with E-state index in [9.17, 15) is 9.59 Å². The van der Waals surface area contributed by atoms with Crippen molar-refractivity contribution in [1.29, 1.82) is 0 Å². The molecule has 0 spiro atoms. The molecule has 1 amide bonds. The Morgan fingerprint density at radius 2 is 2.04 bits per heavy atom. The van der Waals surface area contributed by atoms with E-state index in [0.717, 1.165) is 30.5 Å². The summed E-state index contributed by atoms with van der Waals surface area (Å²) in [6.45, 7) is 4.09. The summed E-state index contributed by atoms with van der Waals surface area (Å²) in [5.41, 5.74) is 2.78. The number of carbonyl (C=O) groups is 1. The Labute approximate surface area is 172 Å². The number of carbonyl (C=O) groups excluding carboxylic acids is 1. The molecule has 1 aromatic carbocycles. The van der Waals surface area contributed by atoms with E-state index in [1.165, 1.54) is 28.7 Å². The van der Waals surface area contributed by atoms with Crippen LogP contribution in [0, 0.1) is 0 Å². The van der Waals surface area contributed by atoms with Crippen molar-refractivity contribution < 1.29 is 4.79 Å². The lowest BCUT2D eigenvalue weighted by molar-refractivity contribution is -0.115. The lowest BCUT2D eigenvalue weighted by atomic mass is 10.1. The van der Waals surface area contributed by atoms with Gasteiger partial charge >= 0.3 is 0 Å². The molecule has 0 unspecified atom stereocenters. The molecule has 2 heterocycles. The Kier molecular flexibility index (Phi) is 5.55. The number of hydrogen-bond donors (Lipinski definition) is 1. The highest BCUT2D eigenvalue weighted by Gasteiger charge is 2.31. The van der Waals surface area contributed by atoms with Crippen molar-refractivity contribution in [2.75, 3.05) is 5.32 Å². The molecule has 3 aromatic rings. The molecule has 2 aromatic heterocycles. The summed E-state index contributed by atoms with van der Waals surface area (Å²) in [4.78, 5) is 30.5. The maximum absolute atomic E-state index is 12.9. The number of thiophene rings is 1. The molecular weight excluding hydrogens is 390 g/mol. The zero-order valence-corrected chi connectivity index (χ0v) is 17.6. The Morgan fingerprint density at radius 1 is 1.29 bits per heavy atom. The Balaban J connectivity index is 1.58. The lowest BCUT2D eigenvalue weighted by Gasteiger charge is -2.17. The van der Waals surface area contributed by atoms with Crippen LogP contribution in [0.15, 0.2) is 45.7 Å². The van der Waals surface area contributed by atoms with Crippen molar-refractivity contribution >= 4 is 44.9 Å². The quantitative estimate of drug-likeness (QED) is 0.444. The first-order valence-corrected chi connectivity index (χ1v) is 11.4. The van der Waals surface area contributed by atoms with Gasteiger partial charge in [0.15, 0.2) is 5.16 Å². The van der Waals surface area contributed by atoms with Crippen LogP contribution in [0.1, 0.15) is 44.7 Å². The molecule has 7 heteroatoms. The molecule has 1 N–H and O–H groups in total. The number of fused-ring (bicyclic) bond motifs is 1. The molecule has 0 saturated heterocycles. The number of aryl methyl sites for hydroxylation is 1. The van der Waals surface area contributed by atoms with Crippen LogP contribution >= 0.6 is 23.1 Å². The first-order valence-electron chi connectivity index (χ1n) is 9.67. The summed E-state index contributed by atoms with van der Waals surface area (Å²) < 4.78 is 2.50. The molecule has 28 heavy (non-hydrogen) atoms. The maximum Gasteiger partial charge on any atom is 0.272 e. The largest absolute Gasteiger partial charge is 0.325 e. The van der Waals surface area contributed by atoms with E-state index in [1.54, 1.807) is 4.57 Å². The minimum atomic E-state index is -0.307. The highest BCUT2D eigenvalue weighted by atomic mass is 32.2. The highest BCUT2D eigenvalue weighted by Crippen LogP contribution is 2.38. The summed E-state index contributed by atoms with van der Waals surface area (Å²) in [5.74, 6) is -0.0567. The fraction of sp³-hybridized carbons (Fsp3) is 0.381. The van der Waals surface area contributed by atoms with Crippen LogP contribution < -0.4 is 10.9 Å². The minimum Gasteiger partial charge on any atom is -0.325 e. The molecule has 0 radical (unpaired) electrons. The van der Waals surface area contributed by atoms with Crippen LogP contribution in [0.5, 0.6) is 0 Å². The van der Waals surface area contributed by atoms with E-state index >= 15 is 0 Å². The third-order valence-corrected chi connectivity index (χ3v) is 7.15. The van der Waals surface area contributed by atoms with Crippen LogP contribution in [-0.2, 0) is 11.2 Å². The second-order valence-corrected chi connectivity index (χ2v) is 9.08. The van der Waals surface area contributed by atoms with Gasteiger partial charge in [-0.3, -0.25) is 14.2 Å². The third kappa shape index (κ3) is 3.86. The predicted octanol–water partition coefficient (Wildman–Crippen LogP) is 4.86. The molecule has 1 aliphatic rings. The zero-order chi connectivity index (χ0) is 19.7. The Hall–Kier alpha value is -2.12. The van der Waals surface area contributed by atoms with Crippen molar-refractivity contribution in [3.8, 4) is 0 Å². The van der Waals surface area contributed by atoms with Gasteiger partial charge in [-0.2, -0.15) is 0 Å². The highest BCUT2D eigenvalue weighted by molar-refractivity contribution is 8.00. The maximum atomic E-state index is 12.9. The number of nitrogens with one attached hydrogen (secondary N) is 1. The fourth-order valence-electron chi connectivity index (χ4n) is 3.14. The third-order valence-electron chi connectivity index (χ3n) is 4.93. The van der Waals surface area contributed by atoms with Crippen LogP contribution in [0.2, 0.25) is 0 Å². The van der Waals surface area contributed by atoms with Gasteiger partial charge in [0.2, 0.25) is 5.91 Å². The van der Waals surface area contributed by atoms with Crippen LogP contribution in [0.25, 0.3) is 10.2 Å². The van der Waals surface area contributed by atoms with E-state index < -0.39 is 0 Å². The monoisotopic (exact) mass is 413 g/mol. The molecule has 0 aliphatic heterocycles. The number of aromatic nitrogens is 2. The number of rotatable bonds is 7. The van der Waals surface area contributed by atoms with Gasteiger partial charge in [-0.05, 0) is 54.8 Å². The molecule has 1 atom stereocenters.